The minimum atomic E-state index is -0.189. The topological polar surface area (TPSA) is 81.2 Å². The number of rotatable bonds is 5. The smallest absolute Gasteiger partial charge is 0.240 e. The van der Waals surface area contributed by atoms with Crippen molar-refractivity contribution in [2.24, 2.45) is 0 Å². The Kier molecular flexibility index (Phi) is 4.87. The van der Waals surface area contributed by atoms with E-state index >= 15 is 0 Å². The molecule has 0 fully saturated rings. The van der Waals surface area contributed by atoms with Gasteiger partial charge in [-0.2, -0.15) is 5.10 Å². The van der Waals surface area contributed by atoms with Gasteiger partial charge in [-0.15, -0.1) is 0 Å². The van der Waals surface area contributed by atoms with Gasteiger partial charge < -0.3 is 14.8 Å². The molecule has 2 aromatic carbocycles. The van der Waals surface area contributed by atoms with Crippen molar-refractivity contribution in [1.29, 1.82) is 0 Å². The number of aryl methyl sites for hydroxylation is 1. The van der Waals surface area contributed by atoms with E-state index < -0.39 is 0 Å². The number of hydrogen-bond acceptors (Lipinski definition) is 5. The third kappa shape index (κ3) is 3.63. The van der Waals surface area contributed by atoms with Gasteiger partial charge in [0.25, 0.3) is 0 Å². The van der Waals surface area contributed by atoms with E-state index in [0.29, 0.717) is 16.3 Å². The molecule has 4 rings (SSSR count). The highest BCUT2D eigenvalue weighted by atomic mass is 32.1. The van der Waals surface area contributed by atoms with Crippen LogP contribution in [-0.4, -0.2) is 27.5 Å². The molecule has 144 valence electrons. The lowest BCUT2D eigenvalue weighted by Crippen LogP contribution is -2.30. The van der Waals surface area contributed by atoms with Gasteiger partial charge in [-0.3, -0.25) is 14.5 Å². The maximum atomic E-state index is 12.7. The largest absolute Gasteiger partial charge is 0.454 e. The van der Waals surface area contributed by atoms with Crippen molar-refractivity contribution in [2.75, 3.05) is 6.79 Å². The Morgan fingerprint density at radius 3 is 2.93 bits per heavy atom. The van der Waals surface area contributed by atoms with Crippen LogP contribution in [0, 0.1) is 11.7 Å². The molecule has 0 bridgehead atoms. The maximum absolute atomic E-state index is 12.7. The van der Waals surface area contributed by atoms with E-state index in [0.717, 1.165) is 22.4 Å². The van der Waals surface area contributed by atoms with Crippen LogP contribution in [0.15, 0.2) is 42.5 Å². The van der Waals surface area contributed by atoms with Crippen molar-refractivity contribution in [3.63, 3.8) is 0 Å². The fraction of sp³-hybridized carbons (Fsp3) is 0.250. The second-order valence-corrected chi connectivity index (χ2v) is 7.10. The van der Waals surface area contributed by atoms with E-state index in [9.17, 15) is 4.79 Å². The van der Waals surface area contributed by atoms with Crippen molar-refractivity contribution < 1.29 is 14.3 Å². The molecule has 1 aliphatic rings. The van der Waals surface area contributed by atoms with E-state index in [-0.39, 0.29) is 25.3 Å². The average Bonchev–Trinajstić information content (AvgIpc) is 3.28. The number of H-pyrrole nitrogens is 1. The van der Waals surface area contributed by atoms with Gasteiger partial charge in [0.15, 0.2) is 22.1 Å². The number of carbonyl (C=O) groups excluding carboxylic acids is 1. The van der Waals surface area contributed by atoms with Crippen molar-refractivity contribution in [2.45, 2.75) is 26.4 Å². The highest BCUT2D eigenvalue weighted by Gasteiger charge is 2.18. The number of benzene rings is 2. The molecule has 2 N–H and O–H groups in total. The summed E-state index contributed by atoms with van der Waals surface area (Å²) in [5, 5.41) is 10.1. The molecule has 2 heterocycles. The van der Waals surface area contributed by atoms with Gasteiger partial charge in [0, 0.05) is 5.56 Å². The zero-order valence-corrected chi connectivity index (χ0v) is 16.4. The molecule has 0 spiro atoms. The lowest BCUT2D eigenvalue weighted by atomic mass is 10.1. The van der Waals surface area contributed by atoms with Crippen LogP contribution in [0.3, 0.4) is 0 Å². The lowest BCUT2D eigenvalue weighted by Gasteiger charge is -2.15. The van der Waals surface area contributed by atoms with Gasteiger partial charge >= 0.3 is 0 Å². The van der Waals surface area contributed by atoms with Gasteiger partial charge in [-0.1, -0.05) is 29.8 Å². The molecule has 8 heteroatoms. The minimum Gasteiger partial charge on any atom is -0.454 e. The number of nitrogens with one attached hydrogen (secondary N) is 2. The number of fused-ring (bicyclic) bond motifs is 1. The summed E-state index contributed by atoms with van der Waals surface area (Å²) in [6, 6.07) is 13.4. The number of amides is 1. The first-order valence-corrected chi connectivity index (χ1v) is 9.33. The molecular weight excluding hydrogens is 376 g/mol. The van der Waals surface area contributed by atoms with Gasteiger partial charge in [-0.05, 0) is 49.8 Å². The summed E-state index contributed by atoms with van der Waals surface area (Å²) in [6.45, 7) is 4.23. The summed E-state index contributed by atoms with van der Waals surface area (Å²) in [5.74, 6) is 1.89. The summed E-state index contributed by atoms with van der Waals surface area (Å²) < 4.78 is 12.8. The average molecular weight is 396 g/mol. The van der Waals surface area contributed by atoms with Gasteiger partial charge in [0.05, 0.1) is 6.04 Å². The predicted molar refractivity (Wildman–Crippen MR) is 107 cm³/mol. The van der Waals surface area contributed by atoms with Crippen molar-refractivity contribution in [1.82, 2.24) is 20.1 Å². The Balaban J connectivity index is 1.50. The summed E-state index contributed by atoms with van der Waals surface area (Å²) in [7, 11) is 0. The normalized spacial score (nSPS) is 13.4. The van der Waals surface area contributed by atoms with Crippen molar-refractivity contribution in [3.05, 3.63) is 58.4 Å². The fourth-order valence-corrected chi connectivity index (χ4v) is 3.36. The first-order chi connectivity index (χ1) is 13.5. The quantitative estimate of drug-likeness (QED) is 0.645. The molecule has 1 atom stereocenters. The van der Waals surface area contributed by atoms with Crippen LogP contribution in [0.2, 0.25) is 0 Å². The fourth-order valence-electron chi connectivity index (χ4n) is 3.17. The molecule has 1 aromatic heterocycles. The molecule has 0 saturated carbocycles. The van der Waals surface area contributed by atoms with E-state index in [1.165, 1.54) is 0 Å². The predicted octanol–water partition coefficient (Wildman–Crippen LogP) is 3.52. The number of aromatic amines is 1. The summed E-state index contributed by atoms with van der Waals surface area (Å²) >= 11 is 5.32. The number of ether oxygens (including phenoxy) is 2. The van der Waals surface area contributed by atoms with Crippen molar-refractivity contribution >= 4 is 18.1 Å². The highest BCUT2D eigenvalue weighted by molar-refractivity contribution is 7.71. The molecule has 0 aliphatic carbocycles. The molecule has 3 aromatic rings. The van der Waals surface area contributed by atoms with Crippen LogP contribution < -0.4 is 14.8 Å². The standard InChI is InChI=1S/C20H20N4O3S/c1-12-4-3-5-15(8-12)19-22-23-20(28)24(19)10-18(25)21-13(2)14-6-7-16-17(9-14)27-11-26-16/h3-9,13H,10-11H2,1-2H3,(H,21,25)(H,23,28). The molecule has 0 radical (unpaired) electrons. The summed E-state index contributed by atoms with van der Waals surface area (Å²) in [4.78, 5) is 12.7. The second-order valence-electron chi connectivity index (χ2n) is 6.71. The Morgan fingerprint density at radius 2 is 2.11 bits per heavy atom. The minimum absolute atomic E-state index is 0.0769. The van der Waals surface area contributed by atoms with Crippen molar-refractivity contribution in [3.8, 4) is 22.9 Å². The first kappa shape index (κ1) is 18.2. The Labute approximate surface area is 167 Å². The Bertz CT molecular complexity index is 1090. The van der Waals surface area contributed by atoms with Crippen LogP contribution in [0.4, 0.5) is 0 Å². The number of nitrogens with zero attached hydrogens (tertiary/aromatic N) is 2. The third-order valence-corrected chi connectivity index (χ3v) is 4.92. The van der Waals surface area contributed by atoms with E-state index in [1.54, 1.807) is 4.57 Å². The number of carbonyl (C=O) groups is 1. The molecule has 7 nitrogen and oxygen atoms in total. The zero-order chi connectivity index (χ0) is 19.7. The zero-order valence-electron chi connectivity index (χ0n) is 15.6. The third-order valence-electron chi connectivity index (χ3n) is 4.61. The van der Waals surface area contributed by atoms with Gasteiger partial charge in [0.2, 0.25) is 12.7 Å². The lowest BCUT2D eigenvalue weighted by molar-refractivity contribution is -0.122. The van der Waals surface area contributed by atoms with E-state index in [4.69, 9.17) is 21.7 Å². The molecule has 1 unspecified atom stereocenters. The number of hydrogen-bond donors (Lipinski definition) is 2. The first-order valence-electron chi connectivity index (χ1n) is 8.92. The molecule has 28 heavy (non-hydrogen) atoms. The van der Waals surface area contributed by atoms with Crippen LogP contribution in [0.1, 0.15) is 24.1 Å². The summed E-state index contributed by atoms with van der Waals surface area (Å²) in [5.41, 5.74) is 2.95. The van der Waals surface area contributed by atoms with Crippen LogP contribution in [0.5, 0.6) is 11.5 Å². The molecule has 1 amide bonds. The van der Waals surface area contributed by atoms with Crippen LogP contribution in [-0.2, 0) is 11.3 Å². The van der Waals surface area contributed by atoms with Crippen LogP contribution >= 0.6 is 12.2 Å². The summed E-state index contributed by atoms with van der Waals surface area (Å²) in [6.07, 6.45) is 0. The molecule has 1 aliphatic heterocycles. The monoisotopic (exact) mass is 396 g/mol. The van der Waals surface area contributed by atoms with Gasteiger partial charge in [-0.25, -0.2) is 0 Å². The van der Waals surface area contributed by atoms with Crippen LogP contribution in [0.25, 0.3) is 11.4 Å². The van der Waals surface area contributed by atoms with E-state index in [1.807, 2.05) is 56.3 Å². The Hall–Kier alpha value is -3.13. The number of aromatic nitrogens is 3. The second kappa shape index (κ2) is 7.47. The van der Waals surface area contributed by atoms with Gasteiger partial charge in [0.1, 0.15) is 6.54 Å². The molecular formula is C20H20N4O3S. The molecule has 0 saturated heterocycles. The maximum Gasteiger partial charge on any atom is 0.240 e. The highest BCUT2D eigenvalue weighted by Crippen LogP contribution is 2.34. The SMILES string of the molecule is Cc1cccc(-c2n[nH]c(=S)n2CC(=O)NC(C)c2ccc3c(c2)OCO3)c1. The Morgan fingerprint density at radius 1 is 1.29 bits per heavy atom. The van der Waals surface area contributed by atoms with E-state index in [2.05, 4.69) is 15.5 Å².